The predicted octanol–water partition coefficient (Wildman–Crippen LogP) is 3.31. The Morgan fingerprint density at radius 3 is 2.90 bits per heavy atom. The standard InChI is InChI=1S/C15H18N4O/c1-4-15(3,6-7-16)9-13-18-14(19-20-13)12-5-8-17-10-11(12)2/h5,8,10H,4,6,9H2,1-3H3. The lowest BCUT2D eigenvalue weighted by Crippen LogP contribution is -2.18. The molecule has 1 atom stereocenters. The lowest BCUT2D eigenvalue weighted by atomic mass is 9.81. The summed E-state index contributed by atoms with van der Waals surface area (Å²) >= 11 is 0. The second-order valence-corrected chi connectivity index (χ2v) is 5.38. The van der Waals surface area contributed by atoms with E-state index in [1.807, 2.05) is 13.0 Å². The van der Waals surface area contributed by atoms with Crippen molar-refractivity contribution < 1.29 is 4.52 Å². The van der Waals surface area contributed by atoms with Crippen LogP contribution in [0.4, 0.5) is 0 Å². The van der Waals surface area contributed by atoms with Crippen LogP contribution in [-0.2, 0) is 6.42 Å². The van der Waals surface area contributed by atoms with E-state index in [2.05, 4.69) is 35.0 Å². The molecule has 0 saturated heterocycles. The molecule has 0 fully saturated rings. The summed E-state index contributed by atoms with van der Waals surface area (Å²) in [5, 5.41) is 12.9. The van der Waals surface area contributed by atoms with Crippen molar-refractivity contribution in [2.24, 2.45) is 5.41 Å². The van der Waals surface area contributed by atoms with Crippen LogP contribution in [0.25, 0.3) is 11.4 Å². The molecule has 0 spiro atoms. The van der Waals surface area contributed by atoms with Gasteiger partial charge in [0, 0.05) is 30.8 Å². The third-order valence-corrected chi connectivity index (χ3v) is 3.67. The molecular weight excluding hydrogens is 252 g/mol. The minimum absolute atomic E-state index is 0.119. The van der Waals surface area contributed by atoms with Gasteiger partial charge in [0.1, 0.15) is 0 Å². The van der Waals surface area contributed by atoms with Crippen molar-refractivity contribution in [1.29, 1.82) is 5.26 Å². The molecule has 0 radical (unpaired) electrons. The molecule has 0 aromatic carbocycles. The average molecular weight is 270 g/mol. The highest BCUT2D eigenvalue weighted by molar-refractivity contribution is 5.57. The highest BCUT2D eigenvalue weighted by Crippen LogP contribution is 2.30. The first-order valence-electron chi connectivity index (χ1n) is 6.68. The van der Waals surface area contributed by atoms with Crippen LogP contribution in [0.2, 0.25) is 0 Å². The topological polar surface area (TPSA) is 75.6 Å². The molecule has 0 aliphatic carbocycles. The number of nitrogens with zero attached hydrogens (tertiary/aromatic N) is 4. The molecule has 2 aromatic rings. The first-order chi connectivity index (χ1) is 9.58. The highest BCUT2D eigenvalue weighted by atomic mass is 16.5. The van der Waals surface area contributed by atoms with Crippen LogP contribution in [0.15, 0.2) is 23.0 Å². The summed E-state index contributed by atoms with van der Waals surface area (Å²) < 4.78 is 5.33. The zero-order chi connectivity index (χ0) is 14.6. The Balaban J connectivity index is 2.22. The fraction of sp³-hybridized carbons (Fsp3) is 0.467. The lowest BCUT2D eigenvalue weighted by Gasteiger charge is -2.22. The quantitative estimate of drug-likeness (QED) is 0.833. The van der Waals surface area contributed by atoms with Gasteiger partial charge in [-0.25, -0.2) is 0 Å². The zero-order valence-electron chi connectivity index (χ0n) is 12.1. The Kier molecular flexibility index (Phi) is 4.14. The monoisotopic (exact) mass is 270 g/mol. The maximum absolute atomic E-state index is 8.91. The Bertz CT molecular complexity index is 629. The molecule has 0 aliphatic heterocycles. The fourth-order valence-corrected chi connectivity index (χ4v) is 2.03. The van der Waals surface area contributed by atoms with Crippen molar-refractivity contribution in [2.75, 3.05) is 0 Å². The van der Waals surface area contributed by atoms with Crippen LogP contribution in [-0.4, -0.2) is 15.1 Å². The number of hydrogen-bond donors (Lipinski definition) is 0. The van der Waals surface area contributed by atoms with E-state index in [-0.39, 0.29) is 5.41 Å². The number of aromatic nitrogens is 3. The number of hydrogen-bond acceptors (Lipinski definition) is 5. The van der Waals surface area contributed by atoms with Gasteiger partial charge in [0.2, 0.25) is 11.7 Å². The van der Waals surface area contributed by atoms with Gasteiger partial charge in [0.15, 0.2) is 0 Å². The SMILES string of the molecule is CCC(C)(CC#N)Cc1nc(-c2ccncc2C)no1. The largest absolute Gasteiger partial charge is 0.339 e. The maximum Gasteiger partial charge on any atom is 0.227 e. The molecule has 0 saturated carbocycles. The van der Waals surface area contributed by atoms with Gasteiger partial charge >= 0.3 is 0 Å². The normalized spacial score (nSPS) is 13.7. The molecule has 1 unspecified atom stereocenters. The van der Waals surface area contributed by atoms with E-state index < -0.39 is 0 Å². The fourth-order valence-electron chi connectivity index (χ4n) is 2.03. The molecule has 2 rings (SSSR count). The summed E-state index contributed by atoms with van der Waals surface area (Å²) in [4.78, 5) is 8.49. The molecule has 0 aliphatic rings. The Morgan fingerprint density at radius 1 is 1.45 bits per heavy atom. The molecule has 5 nitrogen and oxygen atoms in total. The molecule has 104 valence electrons. The van der Waals surface area contributed by atoms with Gasteiger partial charge in [-0.3, -0.25) is 4.98 Å². The second-order valence-electron chi connectivity index (χ2n) is 5.38. The molecule has 20 heavy (non-hydrogen) atoms. The van der Waals surface area contributed by atoms with E-state index in [1.165, 1.54) is 0 Å². The molecule has 2 heterocycles. The van der Waals surface area contributed by atoms with E-state index in [1.54, 1.807) is 12.4 Å². The van der Waals surface area contributed by atoms with Gasteiger partial charge in [-0.1, -0.05) is 19.0 Å². The molecular formula is C15H18N4O. The average Bonchev–Trinajstić information content (AvgIpc) is 2.87. The van der Waals surface area contributed by atoms with E-state index in [0.29, 0.717) is 24.6 Å². The number of pyridine rings is 1. The van der Waals surface area contributed by atoms with Gasteiger partial charge < -0.3 is 4.52 Å². The van der Waals surface area contributed by atoms with Gasteiger partial charge in [0.25, 0.3) is 0 Å². The number of nitriles is 1. The smallest absolute Gasteiger partial charge is 0.227 e. The van der Waals surface area contributed by atoms with E-state index in [0.717, 1.165) is 17.5 Å². The molecule has 5 heteroatoms. The van der Waals surface area contributed by atoms with Crippen molar-refractivity contribution >= 4 is 0 Å². The van der Waals surface area contributed by atoms with Gasteiger partial charge in [-0.05, 0) is 30.4 Å². The van der Waals surface area contributed by atoms with Crippen molar-refractivity contribution in [2.45, 2.75) is 40.0 Å². The molecule has 0 bridgehead atoms. The van der Waals surface area contributed by atoms with Gasteiger partial charge in [-0.2, -0.15) is 10.2 Å². The van der Waals surface area contributed by atoms with E-state index in [4.69, 9.17) is 9.78 Å². The second kappa shape index (κ2) is 5.83. The summed E-state index contributed by atoms with van der Waals surface area (Å²) in [7, 11) is 0. The first-order valence-corrected chi connectivity index (χ1v) is 6.68. The third-order valence-electron chi connectivity index (χ3n) is 3.67. The van der Waals surface area contributed by atoms with E-state index >= 15 is 0 Å². The Hall–Kier alpha value is -2.22. The van der Waals surface area contributed by atoms with Crippen molar-refractivity contribution in [3.05, 3.63) is 29.9 Å². The summed E-state index contributed by atoms with van der Waals surface area (Å²) in [5.41, 5.74) is 1.81. The van der Waals surface area contributed by atoms with Gasteiger partial charge in [-0.15, -0.1) is 0 Å². The lowest BCUT2D eigenvalue weighted by molar-refractivity contribution is 0.266. The minimum atomic E-state index is -0.119. The molecule has 0 N–H and O–H groups in total. The number of rotatable bonds is 5. The Labute approximate surface area is 118 Å². The number of aryl methyl sites for hydroxylation is 1. The van der Waals surface area contributed by atoms with Crippen LogP contribution >= 0.6 is 0 Å². The van der Waals surface area contributed by atoms with Crippen LogP contribution in [0.5, 0.6) is 0 Å². The molecule has 2 aromatic heterocycles. The predicted molar refractivity (Wildman–Crippen MR) is 74.6 cm³/mol. The summed E-state index contributed by atoms with van der Waals surface area (Å²) in [6, 6.07) is 4.10. The van der Waals surface area contributed by atoms with Crippen LogP contribution in [0.3, 0.4) is 0 Å². The van der Waals surface area contributed by atoms with Gasteiger partial charge in [0.05, 0.1) is 6.07 Å². The van der Waals surface area contributed by atoms with Crippen molar-refractivity contribution in [3.63, 3.8) is 0 Å². The first kappa shape index (κ1) is 14.2. The Morgan fingerprint density at radius 2 is 2.25 bits per heavy atom. The summed E-state index contributed by atoms with van der Waals surface area (Å²) in [5.74, 6) is 1.16. The van der Waals surface area contributed by atoms with Crippen LogP contribution in [0, 0.1) is 23.7 Å². The molecule has 0 amide bonds. The van der Waals surface area contributed by atoms with E-state index in [9.17, 15) is 0 Å². The van der Waals surface area contributed by atoms with Crippen LogP contribution in [0.1, 0.15) is 38.1 Å². The highest BCUT2D eigenvalue weighted by Gasteiger charge is 2.25. The van der Waals surface area contributed by atoms with Crippen molar-refractivity contribution in [1.82, 2.24) is 15.1 Å². The summed E-state index contributed by atoms with van der Waals surface area (Å²) in [6.45, 7) is 6.10. The third kappa shape index (κ3) is 3.02. The minimum Gasteiger partial charge on any atom is -0.339 e. The zero-order valence-corrected chi connectivity index (χ0v) is 12.1. The van der Waals surface area contributed by atoms with Crippen molar-refractivity contribution in [3.8, 4) is 17.5 Å². The maximum atomic E-state index is 8.91. The summed E-state index contributed by atoms with van der Waals surface area (Å²) in [6.07, 6.45) is 5.48. The van der Waals surface area contributed by atoms with Crippen LogP contribution < -0.4 is 0 Å².